The fraction of sp³-hybridized carbons (Fsp3) is 1.00. The number of hydrogen-bond donors (Lipinski definition) is 2. The van der Waals surface area contributed by atoms with E-state index in [1.54, 1.807) is 0 Å². The van der Waals surface area contributed by atoms with Gasteiger partial charge in [-0.2, -0.15) is 0 Å². The predicted octanol–water partition coefficient (Wildman–Crippen LogP) is 1.21. The molecule has 0 aliphatic heterocycles. The second-order valence-corrected chi connectivity index (χ2v) is 6.79. The Morgan fingerprint density at radius 3 is 2.00 bits per heavy atom. The second kappa shape index (κ2) is 5.89. The van der Waals surface area contributed by atoms with E-state index < -0.39 is 7.94 Å². The van der Waals surface area contributed by atoms with Gasteiger partial charge in [0.25, 0.3) is 0 Å². The predicted molar refractivity (Wildman–Crippen MR) is 61.0 cm³/mol. The van der Waals surface area contributed by atoms with Crippen LogP contribution in [-0.4, -0.2) is 39.0 Å². The molecule has 13 heavy (non-hydrogen) atoms. The van der Waals surface area contributed by atoms with Gasteiger partial charge in [0, 0.05) is 0 Å². The molecule has 1 atom stereocenters. The van der Waals surface area contributed by atoms with E-state index in [0.717, 1.165) is 6.42 Å². The minimum atomic E-state index is -2.07. The Kier molecular flexibility index (Phi) is 6.01. The molecule has 0 spiro atoms. The van der Waals surface area contributed by atoms with E-state index in [-0.39, 0.29) is 6.10 Å². The molecule has 0 saturated carbocycles. The van der Waals surface area contributed by atoms with Gasteiger partial charge in [0.2, 0.25) is 0 Å². The van der Waals surface area contributed by atoms with Gasteiger partial charge in [-0.25, -0.2) is 0 Å². The summed E-state index contributed by atoms with van der Waals surface area (Å²) >= 11 is 0. The van der Waals surface area contributed by atoms with Gasteiger partial charge in [-0.1, -0.05) is 0 Å². The Labute approximate surface area is 82.6 Å². The third-order valence-corrected chi connectivity index (χ3v) is 5.61. The molecule has 0 heterocycles. The molecule has 5 heteroatoms. The molecular formula is C8H24N3OP. The second-order valence-electron chi connectivity index (χ2n) is 3.38. The number of nitrogens with zero attached hydrogens (tertiary/aromatic N) is 1. The zero-order chi connectivity index (χ0) is 10.5. The van der Waals surface area contributed by atoms with E-state index in [1.165, 1.54) is 0 Å². The van der Waals surface area contributed by atoms with Crippen LogP contribution in [0.1, 0.15) is 20.3 Å². The SMILES string of the molecule is CCC(C)O[PH](NC)(NC)N(C)C. The van der Waals surface area contributed by atoms with Crippen LogP contribution in [-0.2, 0) is 4.52 Å². The quantitative estimate of drug-likeness (QED) is 0.645. The molecule has 0 aromatic carbocycles. The van der Waals surface area contributed by atoms with Crippen molar-refractivity contribution < 1.29 is 4.52 Å². The van der Waals surface area contributed by atoms with Crippen LogP contribution in [0.4, 0.5) is 0 Å². The van der Waals surface area contributed by atoms with Crippen molar-refractivity contribution in [2.45, 2.75) is 26.4 Å². The van der Waals surface area contributed by atoms with Crippen LogP contribution in [0.25, 0.3) is 0 Å². The van der Waals surface area contributed by atoms with Crippen molar-refractivity contribution in [3.05, 3.63) is 0 Å². The zero-order valence-electron chi connectivity index (χ0n) is 9.64. The van der Waals surface area contributed by atoms with Crippen molar-refractivity contribution in [1.82, 2.24) is 14.8 Å². The normalized spacial score (nSPS) is 16.2. The van der Waals surface area contributed by atoms with Gasteiger partial charge in [0.15, 0.2) is 0 Å². The minimum absolute atomic E-state index is 0.286. The summed E-state index contributed by atoms with van der Waals surface area (Å²) in [5, 5.41) is 6.52. The van der Waals surface area contributed by atoms with Gasteiger partial charge in [-0.05, 0) is 0 Å². The first-order valence-electron chi connectivity index (χ1n) is 4.75. The molecule has 0 rings (SSSR count). The number of hydrogen-bond acceptors (Lipinski definition) is 4. The molecule has 0 aliphatic rings. The van der Waals surface area contributed by atoms with Gasteiger partial charge < -0.3 is 0 Å². The van der Waals surface area contributed by atoms with E-state index in [1.807, 2.05) is 28.2 Å². The number of rotatable bonds is 6. The molecular weight excluding hydrogens is 185 g/mol. The zero-order valence-corrected chi connectivity index (χ0v) is 10.6. The summed E-state index contributed by atoms with van der Waals surface area (Å²) in [6.07, 6.45) is 1.32. The molecule has 0 aromatic heterocycles. The molecule has 0 bridgehead atoms. The maximum atomic E-state index is 5.99. The van der Waals surface area contributed by atoms with Crippen LogP contribution in [0, 0.1) is 0 Å². The van der Waals surface area contributed by atoms with E-state index in [0.29, 0.717) is 0 Å². The molecule has 0 aromatic rings. The van der Waals surface area contributed by atoms with Crippen LogP contribution in [0.5, 0.6) is 0 Å². The van der Waals surface area contributed by atoms with Crippen molar-refractivity contribution in [3.63, 3.8) is 0 Å². The molecule has 0 fully saturated rings. The summed E-state index contributed by atoms with van der Waals surface area (Å²) < 4.78 is 8.10. The van der Waals surface area contributed by atoms with Gasteiger partial charge >= 0.3 is 81.9 Å². The standard InChI is InChI=1S/C8H24N3OP/c1-7-8(2)12-13(9-3,10-4)11(5)6/h8-10,13H,7H2,1-6H3. The van der Waals surface area contributed by atoms with Crippen LogP contribution in [0.3, 0.4) is 0 Å². The van der Waals surface area contributed by atoms with Crippen molar-refractivity contribution in [1.29, 1.82) is 0 Å². The Morgan fingerprint density at radius 1 is 1.31 bits per heavy atom. The van der Waals surface area contributed by atoms with Crippen molar-refractivity contribution in [2.75, 3.05) is 28.2 Å². The molecule has 0 aliphatic carbocycles. The average molecular weight is 209 g/mol. The van der Waals surface area contributed by atoms with E-state index in [4.69, 9.17) is 4.52 Å². The van der Waals surface area contributed by atoms with Gasteiger partial charge in [-0.15, -0.1) is 0 Å². The first kappa shape index (κ1) is 13.3. The summed E-state index contributed by atoms with van der Waals surface area (Å²) in [5.74, 6) is 0. The fourth-order valence-electron chi connectivity index (χ4n) is 1.17. The van der Waals surface area contributed by atoms with Crippen LogP contribution >= 0.6 is 7.94 Å². The van der Waals surface area contributed by atoms with E-state index >= 15 is 0 Å². The Morgan fingerprint density at radius 2 is 1.77 bits per heavy atom. The van der Waals surface area contributed by atoms with Gasteiger partial charge in [-0.3, -0.25) is 0 Å². The van der Waals surface area contributed by atoms with E-state index in [9.17, 15) is 0 Å². The van der Waals surface area contributed by atoms with Crippen molar-refractivity contribution in [3.8, 4) is 0 Å². The molecule has 0 saturated heterocycles. The Balaban J connectivity index is 4.38. The third-order valence-electron chi connectivity index (χ3n) is 2.25. The average Bonchev–Trinajstić information content (AvgIpc) is 2.13. The van der Waals surface area contributed by atoms with Crippen LogP contribution in [0.2, 0.25) is 0 Å². The Bertz CT molecular complexity index is 139. The summed E-state index contributed by atoms with van der Waals surface area (Å²) in [5.41, 5.74) is 0. The fourth-order valence-corrected chi connectivity index (χ4v) is 3.51. The molecule has 1 unspecified atom stereocenters. The summed E-state index contributed by atoms with van der Waals surface area (Å²) in [7, 11) is 5.86. The van der Waals surface area contributed by atoms with Crippen molar-refractivity contribution in [2.24, 2.45) is 0 Å². The third kappa shape index (κ3) is 3.49. The molecule has 0 amide bonds. The molecule has 2 N–H and O–H groups in total. The molecule has 4 nitrogen and oxygen atoms in total. The van der Waals surface area contributed by atoms with Crippen LogP contribution < -0.4 is 10.2 Å². The first-order chi connectivity index (χ1) is 6.02. The monoisotopic (exact) mass is 209 g/mol. The van der Waals surface area contributed by atoms with Crippen molar-refractivity contribution >= 4 is 7.94 Å². The van der Waals surface area contributed by atoms with Crippen LogP contribution in [0.15, 0.2) is 0 Å². The van der Waals surface area contributed by atoms with Gasteiger partial charge in [0.1, 0.15) is 0 Å². The molecule has 0 radical (unpaired) electrons. The number of nitrogens with one attached hydrogen (secondary N) is 2. The maximum absolute atomic E-state index is 5.99. The summed E-state index contributed by atoms with van der Waals surface area (Å²) in [6.45, 7) is 4.23. The summed E-state index contributed by atoms with van der Waals surface area (Å²) in [6, 6.07) is 0. The Hall–Kier alpha value is 0.270. The first-order valence-corrected chi connectivity index (χ1v) is 6.61. The summed E-state index contributed by atoms with van der Waals surface area (Å²) in [4.78, 5) is 0. The molecule has 82 valence electrons. The topological polar surface area (TPSA) is 36.5 Å². The van der Waals surface area contributed by atoms with Gasteiger partial charge in [0.05, 0.1) is 0 Å². The van der Waals surface area contributed by atoms with E-state index in [2.05, 4.69) is 28.7 Å².